The highest BCUT2D eigenvalue weighted by Gasteiger charge is 2.10. The largest absolute Gasteiger partial charge is 0.760 e. The van der Waals surface area contributed by atoms with Crippen LogP contribution in [0.3, 0.4) is 0 Å². The smallest absolute Gasteiger partial charge is 0.0351 e. The Bertz CT molecular complexity index is 438. The topological polar surface area (TPSA) is 95.4 Å². The number of nitrogens with zero attached hydrogens (tertiary/aromatic N) is 1. The molecule has 0 saturated carbocycles. The van der Waals surface area contributed by atoms with Crippen molar-refractivity contribution in [1.82, 2.24) is 4.31 Å². The second-order valence-electron chi connectivity index (χ2n) is 4.27. The lowest BCUT2D eigenvalue weighted by atomic mass is 9.97. The first-order chi connectivity index (χ1) is 8.47. The number of nitrogens with two attached hydrogens (primary N) is 2. The number of hydrogen-bond acceptors (Lipinski definition) is 4. The van der Waals surface area contributed by atoms with Crippen LogP contribution in [0.15, 0.2) is 12.1 Å². The molecule has 0 radical (unpaired) electrons. The Morgan fingerprint density at radius 3 is 2.17 bits per heavy atom. The molecule has 102 valence electrons. The monoisotopic (exact) mass is 270 g/mol. The normalized spacial score (nSPS) is 12.9. The molecular formula is C12H20N3O2S-. The highest BCUT2D eigenvalue weighted by molar-refractivity contribution is 7.76. The van der Waals surface area contributed by atoms with Gasteiger partial charge in [0, 0.05) is 29.2 Å². The molecule has 0 amide bonds. The van der Waals surface area contributed by atoms with E-state index in [2.05, 4.69) is 6.92 Å². The molecule has 0 aliphatic carbocycles. The van der Waals surface area contributed by atoms with E-state index in [4.69, 9.17) is 11.5 Å². The number of anilines is 2. The minimum Gasteiger partial charge on any atom is -0.760 e. The fraction of sp³-hybridized carbons (Fsp3) is 0.500. The second kappa shape index (κ2) is 6.72. The summed E-state index contributed by atoms with van der Waals surface area (Å²) in [6.45, 7) is 2.48. The molecule has 0 aromatic heterocycles. The standard InChI is InChI=1S/C12H21N3O2S/c1-3-4-9-10(7-8-15(2)18(16)17)12(14)6-5-11(9)13/h5-6H,3-4,7-8,13-14H2,1-2H3,(H,16,17)/p-1. The Hall–Kier alpha value is -1.11. The van der Waals surface area contributed by atoms with Crippen molar-refractivity contribution in [2.24, 2.45) is 0 Å². The van der Waals surface area contributed by atoms with Gasteiger partial charge in [0.15, 0.2) is 0 Å². The van der Waals surface area contributed by atoms with Crippen LogP contribution in [-0.2, 0) is 24.1 Å². The van der Waals surface area contributed by atoms with E-state index in [9.17, 15) is 8.76 Å². The summed E-state index contributed by atoms with van der Waals surface area (Å²) in [4.78, 5) is 0. The van der Waals surface area contributed by atoms with Crippen molar-refractivity contribution in [2.75, 3.05) is 25.1 Å². The van der Waals surface area contributed by atoms with Gasteiger partial charge >= 0.3 is 0 Å². The Balaban J connectivity index is 2.92. The van der Waals surface area contributed by atoms with Gasteiger partial charge in [0.05, 0.1) is 0 Å². The molecular weight excluding hydrogens is 250 g/mol. The average molecular weight is 270 g/mol. The number of hydrogen-bond donors (Lipinski definition) is 2. The summed E-state index contributed by atoms with van der Waals surface area (Å²) >= 11 is -2.20. The van der Waals surface area contributed by atoms with E-state index in [1.807, 2.05) is 0 Å². The van der Waals surface area contributed by atoms with E-state index in [0.29, 0.717) is 18.7 Å². The Morgan fingerprint density at radius 1 is 1.22 bits per heavy atom. The highest BCUT2D eigenvalue weighted by atomic mass is 32.2. The molecule has 1 aromatic carbocycles. The lowest BCUT2D eigenvalue weighted by Crippen LogP contribution is -2.24. The van der Waals surface area contributed by atoms with Crippen LogP contribution in [0.2, 0.25) is 0 Å². The molecule has 0 saturated heterocycles. The second-order valence-corrected chi connectivity index (χ2v) is 5.33. The van der Waals surface area contributed by atoms with Crippen LogP contribution in [0.25, 0.3) is 0 Å². The van der Waals surface area contributed by atoms with Gasteiger partial charge in [0.1, 0.15) is 0 Å². The number of benzene rings is 1. The number of likely N-dealkylation sites (N-methyl/N-ethyl adjacent to an activating group) is 1. The van der Waals surface area contributed by atoms with E-state index in [0.717, 1.165) is 29.7 Å². The first kappa shape index (κ1) is 14.9. The molecule has 0 heterocycles. The van der Waals surface area contributed by atoms with Crippen LogP contribution < -0.4 is 11.5 Å². The maximum absolute atomic E-state index is 10.8. The molecule has 5 nitrogen and oxygen atoms in total. The lowest BCUT2D eigenvalue weighted by Gasteiger charge is -2.21. The van der Waals surface area contributed by atoms with Gasteiger partial charge in [0.25, 0.3) is 0 Å². The van der Waals surface area contributed by atoms with Crippen LogP contribution >= 0.6 is 0 Å². The number of nitrogen functional groups attached to an aromatic ring is 2. The molecule has 0 fully saturated rings. The van der Waals surface area contributed by atoms with Gasteiger partial charge < -0.3 is 16.0 Å². The van der Waals surface area contributed by atoms with Crippen molar-refractivity contribution < 1.29 is 8.76 Å². The Kier molecular flexibility index (Phi) is 5.58. The summed E-state index contributed by atoms with van der Waals surface area (Å²) in [7, 11) is 1.53. The molecule has 1 rings (SSSR count). The SMILES string of the molecule is CCCc1c(N)ccc(N)c1CCN(C)S(=O)[O-]. The first-order valence-electron chi connectivity index (χ1n) is 5.93. The average Bonchev–Trinajstić information content (AvgIpc) is 2.32. The lowest BCUT2D eigenvalue weighted by molar-refractivity contribution is 0.435. The summed E-state index contributed by atoms with van der Waals surface area (Å²) in [5, 5.41) is 0. The number of rotatable bonds is 6. The third-order valence-corrected chi connectivity index (χ3v) is 3.63. The molecule has 1 unspecified atom stereocenters. The molecule has 18 heavy (non-hydrogen) atoms. The summed E-state index contributed by atoms with van der Waals surface area (Å²) < 4.78 is 22.8. The molecule has 0 aliphatic heterocycles. The van der Waals surface area contributed by atoms with E-state index in [1.54, 1.807) is 12.1 Å². The van der Waals surface area contributed by atoms with Crippen LogP contribution in [0.1, 0.15) is 24.5 Å². The first-order valence-corrected chi connectivity index (χ1v) is 6.96. The van der Waals surface area contributed by atoms with Crippen molar-refractivity contribution in [2.45, 2.75) is 26.2 Å². The van der Waals surface area contributed by atoms with Crippen LogP contribution in [0.5, 0.6) is 0 Å². The maximum Gasteiger partial charge on any atom is 0.0351 e. The third kappa shape index (κ3) is 3.69. The minimum atomic E-state index is -2.20. The van der Waals surface area contributed by atoms with E-state index < -0.39 is 11.3 Å². The molecule has 6 heteroatoms. The van der Waals surface area contributed by atoms with Gasteiger partial charge in [-0.2, -0.15) is 0 Å². The zero-order chi connectivity index (χ0) is 13.7. The summed E-state index contributed by atoms with van der Waals surface area (Å²) in [6.07, 6.45) is 2.41. The predicted octanol–water partition coefficient (Wildman–Crippen LogP) is 1.07. The van der Waals surface area contributed by atoms with Gasteiger partial charge in [-0.1, -0.05) is 13.3 Å². The van der Waals surface area contributed by atoms with Crippen LogP contribution in [0, 0.1) is 0 Å². The Morgan fingerprint density at radius 2 is 1.72 bits per heavy atom. The van der Waals surface area contributed by atoms with Crippen molar-refractivity contribution in [3.8, 4) is 0 Å². The molecule has 1 aromatic rings. The van der Waals surface area contributed by atoms with Crippen molar-refractivity contribution in [3.63, 3.8) is 0 Å². The van der Waals surface area contributed by atoms with E-state index >= 15 is 0 Å². The fourth-order valence-electron chi connectivity index (χ4n) is 1.91. The van der Waals surface area contributed by atoms with Crippen LogP contribution in [-0.4, -0.2) is 26.7 Å². The van der Waals surface area contributed by atoms with Crippen molar-refractivity contribution in [1.29, 1.82) is 0 Å². The summed E-state index contributed by atoms with van der Waals surface area (Å²) in [6, 6.07) is 3.58. The Labute approximate surface area is 111 Å². The van der Waals surface area contributed by atoms with Crippen molar-refractivity contribution >= 4 is 22.6 Å². The van der Waals surface area contributed by atoms with Gasteiger partial charge in [-0.25, -0.2) is 4.31 Å². The molecule has 0 spiro atoms. The third-order valence-electron chi connectivity index (χ3n) is 2.93. The predicted molar refractivity (Wildman–Crippen MR) is 74.5 cm³/mol. The van der Waals surface area contributed by atoms with Gasteiger partial charge in [-0.05, 0) is 43.1 Å². The van der Waals surface area contributed by atoms with E-state index in [-0.39, 0.29) is 0 Å². The minimum absolute atomic E-state index is 0.403. The maximum atomic E-state index is 10.8. The molecule has 0 bridgehead atoms. The molecule has 0 aliphatic rings. The quantitative estimate of drug-likeness (QED) is 0.597. The molecule has 4 N–H and O–H groups in total. The molecule has 1 atom stereocenters. The zero-order valence-corrected chi connectivity index (χ0v) is 11.6. The zero-order valence-electron chi connectivity index (χ0n) is 10.8. The van der Waals surface area contributed by atoms with Crippen molar-refractivity contribution in [3.05, 3.63) is 23.3 Å². The van der Waals surface area contributed by atoms with Gasteiger partial charge in [0.2, 0.25) is 0 Å². The van der Waals surface area contributed by atoms with Gasteiger partial charge in [-0.15, -0.1) is 0 Å². The summed E-state index contributed by atoms with van der Waals surface area (Å²) in [5.41, 5.74) is 15.3. The fourth-order valence-corrected chi connectivity index (χ4v) is 2.15. The van der Waals surface area contributed by atoms with E-state index in [1.165, 1.54) is 11.4 Å². The highest BCUT2D eigenvalue weighted by Crippen LogP contribution is 2.25. The van der Waals surface area contributed by atoms with Gasteiger partial charge in [-0.3, -0.25) is 4.21 Å². The summed E-state index contributed by atoms with van der Waals surface area (Å²) in [5.74, 6) is 0. The van der Waals surface area contributed by atoms with Crippen LogP contribution in [0.4, 0.5) is 11.4 Å².